The van der Waals surface area contributed by atoms with Crippen molar-refractivity contribution in [3.8, 4) is 11.1 Å². The Morgan fingerprint density at radius 2 is 1.86 bits per heavy atom. The van der Waals surface area contributed by atoms with E-state index in [1.165, 1.54) is 0 Å². The van der Waals surface area contributed by atoms with Gasteiger partial charge in [-0.25, -0.2) is 4.98 Å². The largest absolute Gasteiger partial charge is 0.378 e. The number of nitrogen functional groups attached to an aromatic ring is 1. The molecule has 0 spiro atoms. The summed E-state index contributed by atoms with van der Waals surface area (Å²) in [5.74, 6) is 0.602. The van der Waals surface area contributed by atoms with E-state index in [9.17, 15) is 10.1 Å². The molecule has 2 rings (SSSR count). The van der Waals surface area contributed by atoms with Gasteiger partial charge in [-0.2, -0.15) is 0 Å². The summed E-state index contributed by atoms with van der Waals surface area (Å²) in [7, 11) is 0. The number of nitro groups is 1. The first-order valence-electron chi connectivity index (χ1n) is 6.83. The molecule has 0 fully saturated rings. The molecule has 110 valence electrons. The SMILES string of the molecule is CCN(CC)c1cc(-c2ccccc2)c([N+](=O)[O-])c(N)n1. The first-order valence-corrected chi connectivity index (χ1v) is 6.83. The van der Waals surface area contributed by atoms with Gasteiger partial charge in [0.05, 0.1) is 10.5 Å². The molecular formula is C15H18N4O2. The molecule has 0 unspecified atom stereocenters. The van der Waals surface area contributed by atoms with E-state index < -0.39 is 4.92 Å². The van der Waals surface area contributed by atoms with E-state index in [2.05, 4.69) is 4.98 Å². The Hall–Kier alpha value is -2.63. The molecule has 1 aromatic heterocycles. The van der Waals surface area contributed by atoms with Crippen LogP contribution in [0.3, 0.4) is 0 Å². The Labute approximate surface area is 123 Å². The molecule has 2 aromatic rings. The Kier molecular flexibility index (Phi) is 4.37. The minimum absolute atomic E-state index is 0.0525. The van der Waals surface area contributed by atoms with Crippen molar-refractivity contribution in [3.05, 3.63) is 46.5 Å². The maximum Gasteiger partial charge on any atom is 0.319 e. The number of nitrogens with zero attached hydrogens (tertiary/aromatic N) is 3. The summed E-state index contributed by atoms with van der Waals surface area (Å²) >= 11 is 0. The molecule has 1 heterocycles. The summed E-state index contributed by atoms with van der Waals surface area (Å²) in [5, 5.41) is 11.3. The molecule has 0 aliphatic carbocycles. The Balaban J connectivity index is 2.67. The molecule has 2 N–H and O–H groups in total. The maximum absolute atomic E-state index is 11.3. The molecule has 0 bridgehead atoms. The van der Waals surface area contributed by atoms with Crippen LogP contribution in [-0.2, 0) is 0 Å². The maximum atomic E-state index is 11.3. The zero-order valence-electron chi connectivity index (χ0n) is 12.1. The van der Waals surface area contributed by atoms with Crippen molar-refractivity contribution in [2.45, 2.75) is 13.8 Å². The fourth-order valence-corrected chi connectivity index (χ4v) is 2.28. The van der Waals surface area contributed by atoms with E-state index in [1.807, 2.05) is 49.1 Å². The zero-order valence-corrected chi connectivity index (χ0v) is 12.1. The summed E-state index contributed by atoms with van der Waals surface area (Å²) in [4.78, 5) is 17.0. The van der Waals surface area contributed by atoms with Gasteiger partial charge in [0.25, 0.3) is 0 Å². The van der Waals surface area contributed by atoms with Gasteiger partial charge in [0, 0.05) is 13.1 Å². The van der Waals surface area contributed by atoms with Crippen molar-refractivity contribution in [2.24, 2.45) is 0 Å². The molecular weight excluding hydrogens is 268 g/mol. The monoisotopic (exact) mass is 286 g/mol. The summed E-state index contributed by atoms with van der Waals surface area (Å²) in [6.45, 7) is 5.53. The van der Waals surface area contributed by atoms with E-state index >= 15 is 0 Å². The van der Waals surface area contributed by atoms with Crippen LogP contribution in [0.25, 0.3) is 11.1 Å². The topological polar surface area (TPSA) is 85.3 Å². The third-order valence-corrected chi connectivity index (χ3v) is 3.36. The smallest absolute Gasteiger partial charge is 0.319 e. The molecule has 0 aliphatic rings. The normalized spacial score (nSPS) is 10.4. The van der Waals surface area contributed by atoms with Crippen molar-refractivity contribution in [3.63, 3.8) is 0 Å². The zero-order chi connectivity index (χ0) is 15.4. The lowest BCUT2D eigenvalue weighted by molar-refractivity contribution is -0.383. The first-order chi connectivity index (χ1) is 10.1. The van der Waals surface area contributed by atoms with Crippen molar-refractivity contribution in [2.75, 3.05) is 23.7 Å². The second kappa shape index (κ2) is 6.21. The van der Waals surface area contributed by atoms with Gasteiger partial charge in [-0.05, 0) is 25.5 Å². The lowest BCUT2D eigenvalue weighted by Gasteiger charge is -2.21. The van der Waals surface area contributed by atoms with Gasteiger partial charge in [0.2, 0.25) is 5.82 Å². The van der Waals surface area contributed by atoms with Crippen LogP contribution in [0.2, 0.25) is 0 Å². The quantitative estimate of drug-likeness (QED) is 0.674. The lowest BCUT2D eigenvalue weighted by atomic mass is 10.0. The van der Waals surface area contributed by atoms with Crippen LogP contribution in [0.15, 0.2) is 36.4 Å². The number of pyridine rings is 1. The fraction of sp³-hybridized carbons (Fsp3) is 0.267. The Morgan fingerprint density at radius 3 is 2.38 bits per heavy atom. The van der Waals surface area contributed by atoms with E-state index in [4.69, 9.17) is 5.73 Å². The number of nitrogens with two attached hydrogens (primary N) is 1. The van der Waals surface area contributed by atoms with E-state index in [0.717, 1.165) is 18.7 Å². The van der Waals surface area contributed by atoms with E-state index in [-0.39, 0.29) is 11.5 Å². The number of hydrogen-bond acceptors (Lipinski definition) is 5. The van der Waals surface area contributed by atoms with Crippen LogP contribution in [0.1, 0.15) is 13.8 Å². The molecule has 0 atom stereocenters. The summed E-state index contributed by atoms with van der Waals surface area (Å²) in [6, 6.07) is 10.9. The van der Waals surface area contributed by atoms with Gasteiger partial charge >= 0.3 is 5.69 Å². The molecule has 0 amide bonds. The highest BCUT2D eigenvalue weighted by molar-refractivity contribution is 5.82. The summed E-state index contributed by atoms with van der Waals surface area (Å²) < 4.78 is 0. The molecule has 21 heavy (non-hydrogen) atoms. The minimum atomic E-state index is -0.476. The van der Waals surface area contributed by atoms with Gasteiger partial charge in [0.1, 0.15) is 5.82 Å². The molecule has 0 saturated heterocycles. The number of rotatable bonds is 5. The van der Waals surface area contributed by atoms with Crippen molar-refractivity contribution in [1.29, 1.82) is 0 Å². The third-order valence-electron chi connectivity index (χ3n) is 3.36. The van der Waals surface area contributed by atoms with Crippen molar-refractivity contribution >= 4 is 17.3 Å². The van der Waals surface area contributed by atoms with E-state index in [0.29, 0.717) is 11.4 Å². The highest BCUT2D eigenvalue weighted by Crippen LogP contribution is 2.36. The van der Waals surface area contributed by atoms with Gasteiger partial charge in [-0.3, -0.25) is 10.1 Å². The minimum Gasteiger partial charge on any atom is -0.378 e. The average Bonchev–Trinajstić information content (AvgIpc) is 2.48. The predicted octanol–water partition coefficient (Wildman–Crippen LogP) is 3.09. The van der Waals surface area contributed by atoms with Gasteiger partial charge < -0.3 is 10.6 Å². The van der Waals surface area contributed by atoms with Crippen LogP contribution in [0.4, 0.5) is 17.3 Å². The summed E-state index contributed by atoms with van der Waals surface area (Å²) in [6.07, 6.45) is 0. The van der Waals surface area contributed by atoms with E-state index in [1.54, 1.807) is 6.07 Å². The third kappa shape index (κ3) is 2.94. The molecule has 0 aliphatic heterocycles. The van der Waals surface area contributed by atoms with Gasteiger partial charge in [-0.1, -0.05) is 30.3 Å². The van der Waals surface area contributed by atoms with Crippen LogP contribution in [0, 0.1) is 10.1 Å². The molecule has 0 saturated carbocycles. The standard InChI is InChI=1S/C15H18N4O2/c1-3-18(4-2)13-10-12(11-8-6-5-7-9-11)14(19(20)21)15(16)17-13/h5-10H,3-4H2,1-2H3,(H2,16,17). The second-order valence-corrected chi connectivity index (χ2v) is 4.56. The van der Waals surface area contributed by atoms with Gasteiger partial charge in [-0.15, -0.1) is 0 Å². The number of benzene rings is 1. The fourth-order valence-electron chi connectivity index (χ4n) is 2.28. The molecule has 0 radical (unpaired) electrons. The predicted molar refractivity (Wildman–Crippen MR) is 84.3 cm³/mol. The lowest BCUT2D eigenvalue weighted by Crippen LogP contribution is -2.23. The number of hydrogen-bond donors (Lipinski definition) is 1. The Bertz CT molecular complexity index is 640. The van der Waals surface area contributed by atoms with Crippen molar-refractivity contribution in [1.82, 2.24) is 4.98 Å². The van der Waals surface area contributed by atoms with Gasteiger partial charge in [0.15, 0.2) is 0 Å². The highest BCUT2D eigenvalue weighted by atomic mass is 16.6. The number of aromatic nitrogens is 1. The molecule has 6 heteroatoms. The summed E-state index contributed by atoms with van der Waals surface area (Å²) in [5.41, 5.74) is 6.94. The molecule has 1 aromatic carbocycles. The average molecular weight is 286 g/mol. The van der Waals surface area contributed by atoms with Crippen LogP contribution < -0.4 is 10.6 Å². The van der Waals surface area contributed by atoms with Crippen molar-refractivity contribution < 1.29 is 4.92 Å². The first kappa shape index (κ1) is 14.8. The van der Waals surface area contributed by atoms with Crippen LogP contribution in [0.5, 0.6) is 0 Å². The second-order valence-electron chi connectivity index (χ2n) is 4.56. The van der Waals surface area contributed by atoms with Crippen LogP contribution >= 0.6 is 0 Å². The molecule has 6 nitrogen and oxygen atoms in total. The number of anilines is 2. The Morgan fingerprint density at radius 1 is 1.24 bits per heavy atom. The highest BCUT2D eigenvalue weighted by Gasteiger charge is 2.23. The van der Waals surface area contributed by atoms with Crippen LogP contribution in [-0.4, -0.2) is 23.0 Å².